The zero-order valence-corrected chi connectivity index (χ0v) is 16.4. The predicted molar refractivity (Wildman–Crippen MR) is 104 cm³/mol. The highest BCUT2D eigenvalue weighted by Crippen LogP contribution is 2.26. The van der Waals surface area contributed by atoms with Crippen molar-refractivity contribution in [3.05, 3.63) is 59.1 Å². The van der Waals surface area contributed by atoms with Crippen LogP contribution in [0.1, 0.15) is 18.5 Å². The summed E-state index contributed by atoms with van der Waals surface area (Å²) in [6.07, 6.45) is 0. The Hall–Kier alpha value is -2.58. The van der Waals surface area contributed by atoms with Crippen molar-refractivity contribution >= 4 is 29.3 Å². The normalized spacial score (nSPS) is 11.8. The van der Waals surface area contributed by atoms with Crippen molar-refractivity contribution in [2.45, 2.75) is 18.1 Å². The van der Waals surface area contributed by atoms with Gasteiger partial charge in [-0.1, -0.05) is 53.7 Å². The van der Waals surface area contributed by atoms with E-state index in [0.29, 0.717) is 21.6 Å². The van der Waals surface area contributed by atoms with Crippen LogP contribution in [0.25, 0.3) is 5.69 Å². The molecule has 0 spiro atoms. The minimum atomic E-state index is -0.197. The summed E-state index contributed by atoms with van der Waals surface area (Å²) in [5.41, 5.74) is 1.58. The molecule has 1 atom stereocenters. The molecule has 0 saturated carbocycles. The molecule has 27 heavy (non-hydrogen) atoms. The molecule has 1 N–H and O–H groups in total. The number of para-hydroxylation sites is 2. The van der Waals surface area contributed by atoms with Gasteiger partial charge in [0, 0.05) is 5.02 Å². The van der Waals surface area contributed by atoms with Crippen LogP contribution in [0.2, 0.25) is 5.02 Å². The third kappa shape index (κ3) is 4.58. The number of halogens is 1. The number of aromatic nitrogens is 4. The van der Waals surface area contributed by atoms with E-state index in [1.807, 2.05) is 49.4 Å². The second-order valence-corrected chi connectivity index (χ2v) is 6.99. The van der Waals surface area contributed by atoms with Crippen LogP contribution in [0, 0.1) is 0 Å². The molecule has 3 aromatic rings. The van der Waals surface area contributed by atoms with Gasteiger partial charge in [0.1, 0.15) is 11.4 Å². The molecule has 7 nitrogen and oxygen atoms in total. The largest absolute Gasteiger partial charge is 0.494 e. The summed E-state index contributed by atoms with van der Waals surface area (Å²) in [5, 5.41) is 15.8. The number of ether oxygens (including phenoxy) is 1. The lowest BCUT2D eigenvalue weighted by atomic mass is 10.1. The minimum Gasteiger partial charge on any atom is -0.494 e. The monoisotopic (exact) mass is 403 g/mol. The first-order valence-electron chi connectivity index (χ1n) is 8.18. The molecule has 0 aliphatic rings. The number of nitrogens with one attached hydrogen (secondary N) is 1. The Labute approximate surface area is 166 Å². The van der Waals surface area contributed by atoms with Gasteiger partial charge in [0.25, 0.3) is 0 Å². The van der Waals surface area contributed by atoms with Crippen LogP contribution >= 0.6 is 23.4 Å². The minimum absolute atomic E-state index is 0.137. The molecule has 140 valence electrons. The van der Waals surface area contributed by atoms with Crippen molar-refractivity contribution in [2.75, 3.05) is 12.9 Å². The average molecular weight is 404 g/mol. The number of tetrazole rings is 1. The number of carbonyl (C=O) groups excluding carboxylic acids is 1. The number of rotatable bonds is 7. The molecular weight excluding hydrogens is 386 g/mol. The van der Waals surface area contributed by atoms with Gasteiger partial charge < -0.3 is 10.1 Å². The van der Waals surface area contributed by atoms with Crippen molar-refractivity contribution < 1.29 is 9.53 Å². The smallest absolute Gasteiger partial charge is 0.230 e. The number of nitrogens with zero attached hydrogens (tertiary/aromatic N) is 4. The van der Waals surface area contributed by atoms with Crippen molar-refractivity contribution in [1.82, 2.24) is 25.5 Å². The van der Waals surface area contributed by atoms with E-state index in [0.717, 1.165) is 5.56 Å². The summed E-state index contributed by atoms with van der Waals surface area (Å²) in [4.78, 5) is 12.3. The maximum Gasteiger partial charge on any atom is 0.230 e. The van der Waals surface area contributed by atoms with E-state index in [4.69, 9.17) is 16.3 Å². The zero-order valence-electron chi connectivity index (χ0n) is 14.8. The van der Waals surface area contributed by atoms with Crippen LogP contribution in [0.15, 0.2) is 53.7 Å². The Morgan fingerprint density at radius 1 is 1.26 bits per heavy atom. The molecule has 1 amide bonds. The summed E-state index contributed by atoms with van der Waals surface area (Å²) in [7, 11) is 1.58. The molecule has 0 saturated heterocycles. The van der Waals surface area contributed by atoms with E-state index in [1.165, 1.54) is 11.8 Å². The Balaban J connectivity index is 1.65. The molecule has 9 heteroatoms. The van der Waals surface area contributed by atoms with Crippen LogP contribution in [0.5, 0.6) is 5.75 Å². The Kier molecular flexibility index (Phi) is 6.31. The summed E-state index contributed by atoms with van der Waals surface area (Å²) in [6, 6.07) is 14.6. The fraction of sp³-hybridized carbons (Fsp3) is 0.222. The van der Waals surface area contributed by atoms with Gasteiger partial charge in [-0.05, 0) is 41.1 Å². The van der Waals surface area contributed by atoms with Gasteiger partial charge in [-0.25, -0.2) is 0 Å². The van der Waals surface area contributed by atoms with Gasteiger partial charge in [-0.3, -0.25) is 4.79 Å². The highest BCUT2D eigenvalue weighted by Gasteiger charge is 2.16. The van der Waals surface area contributed by atoms with Crippen molar-refractivity contribution in [3.63, 3.8) is 0 Å². The molecule has 0 radical (unpaired) electrons. The number of methoxy groups -OCH3 is 1. The fourth-order valence-electron chi connectivity index (χ4n) is 2.54. The van der Waals surface area contributed by atoms with E-state index in [9.17, 15) is 4.79 Å². The van der Waals surface area contributed by atoms with E-state index < -0.39 is 0 Å². The quantitative estimate of drug-likeness (QED) is 0.609. The first-order chi connectivity index (χ1) is 13.1. The lowest BCUT2D eigenvalue weighted by molar-refractivity contribution is -0.119. The summed E-state index contributed by atoms with van der Waals surface area (Å²) < 4.78 is 6.89. The molecule has 1 aromatic heterocycles. The molecule has 0 bridgehead atoms. The summed E-state index contributed by atoms with van der Waals surface area (Å²) >= 11 is 7.42. The molecule has 0 aliphatic heterocycles. The highest BCUT2D eigenvalue weighted by molar-refractivity contribution is 7.99. The Morgan fingerprint density at radius 2 is 2.00 bits per heavy atom. The van der Waals surface area contributed by atoms with Crippen LogP contribution < -0.4 is 10.1 Å². The number of amides is 1. The maximum absolute atomic E-state index is 12.3. The average Bonchev–Trinajstić information content (AvgIpc) is 3.15. The first kappa shape index (κ1) is 19.2. The summed E-state index contributed by atoms with van der Waals surface area (Å²) in [5.74, 6) is 0.676. The second kappa shape index (κ2) is 8.88. The SMILES string of the molecule is COc1ccccc1-n1nnnc1SCC(=O)NC(C)c1ccccc1Cl. The van der Waals surface area contributed by atoms with Gasteiger partial charge in [-0.2, -0.15) is 4.68 Å². The van der Waals surface area contributed by atoms with Crippen LogP contribution in [0.3, 0.4) is 0 Å². The van der Waals surface area contributed by atoms with Gasteiger partial charge in [-0.15, -0.1) is 5.10 Å². The lowest BCUT2D eigenvalue weighted by Crippen LogP contribution is -2.28. The van der Waals surface area contributed by atoms with Crippen molar-refractivity contribution in [3.8, 4) is 11.4 Å². The van der Waals surface area contributed by atoms with Crippen molar-refractivity contribution in [1.29, 1.82) is 0 Å². The van der Waals surface area contributed by atoms with Gasteiger partial charge >= 0.3 is 0 Å². The Morgan fingerprint density at radius 3 is 2.78 bits per heavy atom. The predicted octanol–water partition coefficient (Wildman–Crippen LogP) is 3.29. The molecule has 1 unspecified atom stereocenters. The number of thioether (sulfide) groups is 1. The molecule has 3 rings (SSSR count). The molecule has 0 fully saturated rings. The maximum atomic E-state index is 12.3. The van der Waals surface area contributed by atoms with Crippen LogP contribution in [0.4, 0.5) is 0 Å². The zero-order chi connectivity index (χ0) is 19.2. The first-order valence-corrected chi connectivity index (χ1v) is 9.55. The summed E-state index contributed by atoms with van der Waals surface area (Å²) in [6.45, 7) is 1.89. The van der Waals surface area contributed by atoms with Gasteiger partial charge in [0.15, 0.2) is 0 Å². The topological polar surface area (TPSA) is 81.9 Å². The van der Waals surface area contributed by atoms with Crippen LogP contribution in [-0.4, -0.2) is 39.0 Å². The number of hydrogen-bond donors (Lipinski definition) is 1. The van der Waals surface area contributed by atoms with Crippen LogP contribution in [-0.2, 0) is 4.79 Å². The molecule has 2 aromatic carbocycles. The lowest BCUT2D eigenvalue weighted by Gasteiger charge is -2.15. The third-order valence-corrected chi connectivity index (χ3v) is 5.10. The van der Waals surface area contributed by atoms with E-state index in [1.54, 1.807) is 17.9 Å². The van der Waals surface area contributed by atoms with Gasteiger partial charge in [0.2, 0.25) is 11.1 Å². The molecule has 1 heterocycles. The number of carbonyl (C=O) groups is 1. The fourth-order valence-corrected chi connectivity index (χ4v) is 3.54. The standard InChI is InChI=1S/C18H18ClN5O2S/c1-12(13-7-3-4-8-14(13)19)20-17(25)11-27-18-21-22-23-24(18)15-9-5-6-10-16(15)26-2/h3-10,12H,11H2,1-2H3,(H,20,25). The number of hydrogen-bond acceptors (Lipinski definition) is 6. The number of benzene rings is 2. The van der Waals surface area contributed by atoms with E-state index in [2.05, 4.69) is 20.8 Å². The molecule has 0 aliphatic carbocycles. The second-order valence-electron chi connectivity index (χ2n) is 5.64. The Bertz CT molecular complexity index is 933. The third-order valence-electron chi connectivity index (χ3n) is 3.84. The molecular formula is C18H18ClN5O2S. The van der Waals surface area contributed by atoms with E-state index in [-0.39, 0.29) is 17.7 Å². The van der Waals surface area contributed by atoms with Crippen molar-refractivity contribution in [2.24, 2.45) is 0 Å². The van der Waals surface area contributed by atoms with E-state index >= 15 is 0 Å². The van der Waals surface area contributed by atoms with Gasteiger partial charge in [0.05, 0.1) is 18.9 Å². The highest BCUT2D eigenvalue weighted by atomic mass is 35.5.